The van der Waals surface area contributed by atoms with Crippen molar-refractivity contribution in [2.45, 2.75) is 11.8 Å². The monoisotopic (exact) mass is 413 g/mol. The third kappa shape index (κ3) is 4.38. The van der Waals surface area contributed by atoms with Gasteiger partial charge in [-0.05, 0) is 43.3 Å². The molecule has 0 saturated heterocycles. The number of nitrogens with zero attached hydrogens (tertiary/aromatic N) is 1. The molecule has 0 bridgehead atoms. The maximum Gasteiger partial charge on any atom is 0.338 e. The summed E-state index contributed by atoms with van der Waals surface area (Å²) < 4.78 is 32.3. The third-order valence-electron chi connectivity index (χ3n) is 3.40. The van der Waals surface area contributed by atoms with Crippen molar-refractivity contribution in [3.05, 3.63) is 70.7 Å². The van der Waals surface area contributed by atoms with E-state index in [0.29, 0.717) is 0 Å². The van der Waals surface area contributed by atoms with Crippen molar-refractivity contribution in [3.63, 3.8) is 0 Å². The molecular weight excluding hydrogens is 397 g/mol. The van der Waals surface area contributed by atoms with E-state index >= 15 is 0 Å². The summed E-state index contributed by atoms with van der Waals surface area (Å²) >= 11 is 12.0. The molecule has 26 heavy (non-hydrogen) atoms. The number of ether oxygens (including phenoxy) is 1. The van der Waals surface area contributed by atoms with Gasteiger partial charge < -0.3 is 4.74 Å². The Labute approximate surface area is 162 Å². The number of hydrogen-bond acceptors (Lipinski definition) is 4. The van der Waals surface area contributed by atoms with Gasteiger partial charge in [-0.2, -0.15) is 0 Å². The second kappa shape index (κ2) is 8.58. The standard InChI is InChI=1S/C18H17Cl2NO4S/c1-3-10-21(15-7-5-6-13(11-15)18(22)25-4-2)26(23,24)17-12-14(19)8-9-16(17)20/h3,5-9,11-12H,1,4,10H2,2H3. The van der Waals surface area contributed by atoms with Gasteiger partial charge in [0, 0.05) is 5.02 Å². The quantitative estimate of drug-likeness (QED) is 0.493. The van der Waals surface area contributed by atoms with Crippen LogP contribution < -0.4 is 4.31 Å². The predicted octanol–water partition coefficient (Wildman–Crippen LogP) is 4.55. The largest absolute Gasteiger partial charge is 0.462 e. The van der Waals surface area contributed by atoms with Crippen LogP contribution in [0, 0.1) is 0 Å². The molecule has 0 spiro atoms. The van der Waals surface area contributed by atoms with Crippen LogP contribution in [0.2, 0.25) is 10.0 Å². The van der Waals surface area contributed by atoms with Crippen LogP contribution in [-0.2, 0) is 14.8 Å². The molecule has 138 valence electrons. The highest BCUT2D eigenvalue weighted by atomic mass is 35.5. The summed E-state index contributed by atoms with van der Waals surface area (Å²) in [4.78, 5) is 11.8. The van der Waals surface area contributed by atoms with E-state index in [1.165, 1.54) is 30.3 Å². The summed E-state index contributed by atoms with van der Waals surface area (Å²) in [6, 6.07) is 10.3. The van der Waals surface area contributed by atoms with Gasteiger partial charge in [0.15, 0.2) is 0 Å². The van der Waals surface area contributed by atoms with Crippen LogP contribution in [0.15, 0.2) is 60.0 Å². The van der Waals surface area contributed by atoms with Crippen LogP contribution in [-0.4, -0.2) is 27.5 Å². The van der Waals surface area contributed by atoms with E-state index in [2.05, 4.69) is 6.58 Å². The number of carbonyl (C=O) groups excluding carboxylic acids is 1. The van der Waals surface area contributed by atoms with E-state index in [-0.39, 0.29) is 39.3 Å². The molecule has 0 aliphatic carbocycles. The average Bonchev–Trinajstić information content (AvgIpc) is 2.61. The molecule has 0 aromatic heterocycles. The van der Waals surface area contributed by atoms with E-state index in [1.807, 2.05) is 0 Å². The van der Waals surface area contributed by atoms with Crippen LogP contribution in [0.25, 0.3) is 0 Å². The van der Waals surface area contributed by atoms with Gasteiger partial charge in [-0.1, -0.05) is 35.3 Å². The first-order valence-electron chi connectivity index (χ1n) is 7.67. The Kier molecular flexibility index (Phi) is 6.69. The van der Waals surface area contributed by atoms with Crippen molar-refractivity contribution in [3.8, 4) is 0 Å². The van der Waals surface area contributed by atoms with E-state index in [9.17, 15) is 13.2 Å². The number of halogens is 2. The van der Waals surface area contributed by atoms with Gasteiger partial charge in [-0.15, -0.1) is 6.58 Å². The lowest BCUT2D eigenvalue weighted by Crippen LogP contribution is -2.31. The van der Waals surface area contributed by atoms with Gasteiger partial charge in [-0.25, -0.2) is 13.2 Å². The van der Waals surface area contributed by atoms with E-state index < -0.39 is 16.0 Å². The zero-order valence-corrected chi connectivity index (χ0v) is 16.3. The molecule has 0 fully saturated rings. The van der Waals surface area contributed by atoms with Crippen LogP contribution in [0.1, 0.15) is 17.3 Å². The SMILES string of the molecule is C=CCN(c1cccc(C(=O)OCC)c1)S(=O)(=O)c1cc(Cl)ccc1Cl. The molecule has 0 N–H and O–H groups in total. The maximum atomic E-state index is 13.1. The summed E-state index contributed by atoms with van der Waals surface area (Å²) in [5, 5.41) is 0.289. The van der Waals surface area contributed by atoms with Crippen molar-refractivity contribution in [1.82, 2.24) is 0 Å². The molecule has 0 atom stereocenters. The van der Waals surface area contributed by atoms with E-state index in [0.717, 1.165) is 4.31 Å². The lowest BCUT2D eigenvalue weighted by Gasteiger charge is -2.24. The topological polar surface area (TPSA) is 63.7 Å². The van der Waals surface area contributed by atoms with Crippen LogP contribution >= 0.6 is 23.2 Å². The minimum atomic E-state index is -4.03. The predicted molar refractivity (Wildman–Crippen MR) is 104 cm³/mol. The van der Waals surface area contributed by atoms with Crippen LogP contribution in [0.4, 0.5) is 5.69 Å². The molecule has 2 aromatic rings. The first-order chi connectivity index (χ1) is 12.3. The van der Waals surface area contributed by atoms with Crippen molar-refractivity contribution in [2.75, 3.05) is 17.5 Å². The third-order valence-corrected chi connectivity index (χ3v) is 5.91. The van der Waals surface area contributed by atoms with Gasteiger partial charge in [0.25, 0.3) is 10.0 Å². The Bertz CT molecular complexity index is 929. The number of anilines is 1. The fourth-order valence-electron chi connectivity index (χ4n) is 2.26. The number of rotatable bonds is 7. The first-order valence-corrected chi connectivity index (χ1v) is 9.86. The van der Waals surface area contributed by atoms with Crippen molar-refractivity contribution in [1.29, 1.82) is 0 Å². The highest BCUT2D eigenvalue weighted by Crippen LogP contribution is 2.31. The molecule has 0 radical (unpaired) electrons. The second-order valence-corrected chi connectivity index (χ2v) is 7.84. The number of esters is 1. The Morgan fingerprint density at radius 2 is 1.96 bits per heavy atom. The lowest BCUT2D eigenvalue weighted by molar-refractivity contribution is 0.0526. The molecule has 8 heteroatoms. The number of benzene rings is 2. The minimum Gasteiger partial charge on any atom is -0.462 e. The number of hydrogen-bond donors (Lipinski definition) is 0. The molecule has 5 nitrogen and oxygen atoms in total. The Morgan fingerprint density at radius 1 is 1.23 bits per heavy atom. The lowest BCUT2D eigenvalue weighted by atomic mass is 10.2. The molecule has 0 aliphatic rings. The minimum absolute atomic E-state index is 0.0164. The molecule has 0 aliphatic heterocycles. The van der Waals surface area contributed by atoms with Gasteiger partial charge in [0.1, 0.15) is 4.90 Å². The maximum absolute atomic E-state index is 13.1. The zero-order chi connectivity index (χ0) is 19.3. The van der Waals surface area contributed by atoms with Crippen molar-refractivity contribution in [2.24, 2.45) is 0 Å². The average molecular weight is 414 g/mol. The van der Waals surface area contributed by atoms with Crippen LogP contribution in [0.5, 0.6) is 0 Å². The second-order valence-electron chi connectivity index (χ2n) is 5.17. The highest BCUT2D eigenvalue weighted by Gasteiger charge is 2.27. The first kappa shape index (κ1) is 20.3. The summed E-state index contributed by atoms with van der Waals surface area (Å²) in [5.74, 6) is -0.536. The number of sulfonamides is 1. The fourth-order valence-corrected chi connectivity index (χ4v) is 4.42. The number of carbonyl (C=O) groups is 1. The van der Waals surface area contributed by atoms with Gasteiger partial charge >= 0.3 is 5.97 Å². The summed E-state index contributed by atoms with van der Waals surface area (Å²) in [6.45, 7) is 5.50. The Morgan fingerprint density at radius 3 is 2.62 bits per heavy atom. The zero-order valence-electron chi connectivity index (χ0n) is 14.0. The normalized spacial score (nSPS) is 11.0. The van der Waals surface area contributed by atoms with Gasteiger partial charge in [0.2, 0.25) is 0 Å². The van der Waals surface area contributed by atoms with Crippen LogP contribution in [0.3, 0.4) is 0 Å². The van der Waals surface area contributed by atoms with E-state index in [1.54, 1.807) is 25.1 Å². The molecule has 0 unspecified atom stereocenters. The fraction of sp³-hybridized carbons (Fsp3) is 0.167. The summed E-state index contributed by atoms with van der Waals surface area (Å²) in [5.41, 5.74) is 0.525. The Hall–Kier alpha value is -2.02. The Balaban J connectivity index is 2.55. The van der Waals surface area contributed by atoms with Gasteiger partial charge in [0.05, 0.1) is 29.4 Å². The molecule has 0 amide bonds. The van der Waals surface area contributed by atoms with Crippen molar-refractivity contribution < 1.29 is 17.9 Å². The molecular formula is C18H17Cl2NO4S. The molecule has 0 heterocycles. The van der Waals surface area contributed by atoms with E-state index in [4.69, 9.17) is 27.9 Å². The summed E-state index contributed by atoms with van der Waals surface area (Å²) in [7, 11) is -4.03. The molecule has 0 saturated carbocycles. The summed E-state index contributed by atoms with van der Waals surface area (Å²) in [6.07, 6.45) is 1.44. The highest BCUT2D eigenvalue weighted by molar-refractivity contribution is 7.93. The smallest absolute Gasteiger partial charge is 0.338 e. The van der Waals surface area contributed by atoms with Crippen molar-refractivity contribution >= 4 is 44.9 Å². The van der Waals surface area contributed by atoms with Gasteiger partial charge in [-0.3, -0.25) is 4.31 Å². The molecule has 2 aromatic carbocycles. The molecule has 2 rings (SSSR count).